The van der Waals surface area contributed by atoms with E-state index in [1.807, 2.05) is 37.3 Å². The third kappa shape index (κ3) is 5.53. The van der Waals surface area contributed by atoms with Crippen molar-refractivity contribution in [2.75, 3.05) is 0 Å². The molecule has 34 heavy (non-hydrogen) atoms. The average Bonchev–Trinajstić information content (AvgIpc) is 2.80. The number of rotatable bonds is 6. The molecule has 5 heteroatoms. The van der Waals surface area contributed by atoms with E-state index in [1.165, 1.54) is 18.2 Å². The number of aryl methyl sites for hydroxylation is 3. The fraction of sp³-hybridized carbons (Fsp3) is 0.172. The second-order valence-electron chi connectivity index (χ2n) is 8.42. The van der Waals surface area contributed by atoms with E-state index in [9.17, 15) is 22.0 Å². The molecule has 4 aromatic rings. The molecular formula is C29H23F5. The summed E-state index contributed by atoms with van der Waals surface area (Å²) in [6.07, 6.45) is -2.47. The molecule has 0 atom stereocenters. The van der Waals surface area contributed by atoms with Gasteiger partial charge < -0.3 is 0 Å². The van der Waals surface area contributed by atoms with Crippen molar-refractivity contribution in [2.24, 2.45) is 0 Å². The zero-order chi connectivity index (χ0) is 24.3. The molecule has 0 saturated carbocycles. The smallest absolute Gasteiger partial charge is 0.206 e. The Kier molecular flexibility index (Phi) is 6.82. The Hall–Kier alpha value is -3.47. The summed E-state index contributed by atoms with van der Waals surface area (Å²) in [5.41, 5.74) is 4.04. The molecule has 0 nitrogen and oxygen atoms in total. The molecule has 0 amide bonds. The maximum atomic E-state index is 14.6. The van der Waals surface area contributed by atoms with Crippen molar-refractivity contribution in [1.82, 2.24) is 0 Å². The van der Waals surface area contributed by atoms with Gasteiger partial charge in [0.15, 0.2) is 0 Å². The molecule has 0 heterocycles. The van der Waals surface area contributed by atoms with Crippen LogP contribution in [0.4, 0.5) is 22.0 Å². The van der Waals surface area contributed by atoms with Crippen LogP contribution in [0.25, 0.3) is 22.3 Å². The second-order valence-corrected chi connectivity index (χ2v) is 8.42. The van der Waals surface area contributed by atoms with Gasteiger partial charge in [0, 0.05) is 11.1 Å². The lowest BCUT2D eigenvalue weighted by Crippen LogP contribution is -2.04. The maximum absolute atomic E-state index is 14.6. The van der Waals surface area contributed by atoms with Gasteiger partial charge in [0.1, 0.15) is 11.6 Å². The first-order valence-electron chi connectivity index (χ1n) is 11.0. The van der Waals surface area contributed by atoms with Crippen LogP contribution in [0.5, 0.6) is 0 Å². The van der Waals surface area contributed by atoms with Crippen LogP contribution in [-0.2, 0) is 19.0 Å². The van der Waals surface area contributed by atoms with E-state index in [1.54, 1.807) is 24.3 Å². The Morgan fingerprint density at radius 2 is 1.03 bits per heavy atom. The fourth-order valence-electron chi connectivity index (χ4n) is 3.96. The van der Waals surface area contributed by atoms with Gasteiger partial charge in [-0.1, -0.05) is 66.2 Å². The van der Waals surface area contributed by atoms with Gasteiger partial charge in [-0.05, 0) is 72.7 Å². The molecule has 4 aromatic carbocycles. The third-order valence-corrected chi connectivity index (χ3v) is 5.88. The summed E-state index contributed by atoms with van der Waals surface area (Å²) in [5.74, 6) is -0.751. The minimum Gasteiger partial charge on any atom is -0.206 e. The average molecular weight is 466 g/mol. The van der Waals surface area contributed by atoms with Crippen molar-refractivity contribution in [3.8, 4) is 22.3 Å². The lowest BCUT2D eigenvalue weighted by atomic mass is 9.97. The molecular weight excluding hydrogens is 443 g/mol. The Morgan fingerprint density at radius 3 is 1.44 bits per heavy atom. The van der Waals surface area contributed by atoms with Crippen LogP contribution in [0.3, 0.4) is 0 Å². The van der Waals surface area contributed by atoms with Crippen molar-refractivity contribution in [1.29, 1.82) is 0 Å². The van der Waals surface area contributed by atoms with E-state index in [-0.39, 0.29) is 11.4 Å². The molecule has 0 fully saturated rings. The van der Waals surface area contributed by atoms with Crippen molar-refractivity contribution in [3.05, 3.63) is 119 Å². The minimum atomic E-state index is -4.43. The van der Waals surface area contributed by atoms with Crippen LogP contribution in [0.15, 0.2) is 84.9 Å². The van der Waals surface area contributed by atoms with Crippen LogP contribution < -0.4 is 0 Å². The quantitative estimate of drug-likeness (QED) is 0.249. The van der Waals surface area contributed by atoms with Gasteiger partial charge in [-0.2, -0.15) is 13.2 Å². The molecule has 0 saturated heterocycles. The standard InChI is InChI=1S/C29H23F5/c1-19-5-9-22(10-6-19)25-15-7-20(17-27(25)30)3-2-4-21-8-16-26(28(31)18-21)23-11-13-24(14-12-23)29(32,33)34/h5-18H,2-4H2,1H3. The molecule has 0 spiro atoms. The summed E-state index contributed by atoms with van der Waals surface area (Å²) >= 11 is 0. The topological polar surface area (TPSA) is 0 Å². The first kappa shape index (κ1) is 23.7. The molecule has 0 bridgehead atoms. The Labute approximate surface area is 195 Å². The van der Waals surface area contributed by atoms with Crippen molar-refractivity contribution in [2.45, 2.75) is 32.4 Å². The number of benzene rings is 4. The monoisotopic (exact) mass is 466 g/mol. The molecule has 0 aromatic heterocycles. The molecule has 0 aliphatic carbocycles. The summed E-state index contributed by atoms with van der Waals surface area (Å²) in [4.78, 5) is 0. The van der Waals surface area contributed by atoms with E-state index >= 15 is 0 Å². The summed E-state index contributed by atoms with van der Waals surface area (Å²) in [6, 6.07) is 22.2. The van der Waals surface area contributed by atoms with Gasteiger partial charge in [-0.15, -0.1) is 0 Å². The van der Waals surface area contributed by atoms with Gasteiger partial charge >= 0.3 is 6.18 Å². The third-order valence-electron chi connectivity index (χ3n) is 5.88. The summed E-state index contributed by atoms with van der Waals surface area (Å²) in [6.45, 7) is 1.98. The number of hydrogen-bond donors (Lipinski definition) is 0. The van der Waals surface area contributed by atoms with Crippen molar-refractivity contribution in [3.63, 3.8) is 0 Å². The first-order valence-corrected chi connectivity index (χ1v) is 11.0. The summed E-state index contributed by atoms with van der Waals surface area (Å²) < 4.78 is 67.5. The predicted octanol–water partition coefficient (Wildman–Crippen LogP) is 8.80. The zero-order valence-electron chi connectivity index (χ0n) is 18.6. The van der Waals surface area contributed by atoms with E-state index in [4.69, 9.17) is 0 Å². The molecule has 174 valence electrons. The van der Waals surface area contributed by atoms with Crippen molar-refractivity contribution >= 4 is 0 Å². The van der Waals surface area contributed by atoms with Gasteiger partial charge in [0.2, 0.25) is 0 Å². The molecule has 0 aliphatic rings. The number of hydrogen-bond acceptors (Lipinski definition) is 0. The van der Waals surface area contributed by atoms with Crippen LogP contribution in [0.2, 0.25) is 0 Å². The van der Waals surface area contributed by atoms with E-state index in [0.717, 1.165) is 34.4 Å². The van der Waals surface area contributed by atoms with Gasteiger partial charge in [-0.3, -0.25) is 0 Å². The first-order chi connectivity index (χ1) is 16.2. The summed E-state index contributed by atoms with van der Waals surface area (Å²) in [7, 11) is 0. The normalized spacial score (nSPS) is 11.6. The largest absolute Gasteiger partial charge is 0.416 e. The lowest BCUT2D eigenvalue weighted by Gasteiger charge is -2.10. The van der Waals surface area contributed by atoms with Gasteiger partial charge in [-0.25, -0.2) is 8.78 Å². The predicted molar refractivity (Wildman–Crippen MR) is 125 cm³/mol. The SMILES string of the molecule is Cc1ccc(-c2ccc(CCCc3ccc(-c4ccc(C(F)(F)F)cc4)c(F)c3)cc2F)cc1. The van der Waals surface area contributed by atoms with Gasteiger partial charge in [0.05, 0.1) is 5.56 Å². The fourth-order valence-corrected chi connectivity index (χ4v) is 3.96. The highest BCUT2D eigenvalue weighted by atomic mass is 19.4. The highest BCUT2D eigenvalue weighted by molar-refractivity contribution is 5.65. The Balaban J connectivity index is 1.38. The Bertz CT molecular complexity index is 1270. The Morgan fingerprint density at radius 1 is 0.588 bits per heavy atom. The number of alkyl halides is 3. The number of halogens is 5. The van der Waals surface area contributed by atoms with E-state index in [0.29, 0.717) is 30.4 Å². The zero-order valence-corrected chi connectivity index (χ0v) is 18.6. The molecule has 0 radical (unpaired) electrons. The summed E-state index contributed by atoms with van der Waals surface area (Å²) in [5, 5.41) is 0. The maximum Gasteiger partial charge on any atom is 0.416 e. The van der Waals surface area contributed by atoms with Crippen LogP contribution in [0, 0.1) is 18.6 Å². The van der Waals surface area contributed by atoms with Crippen LogP contribution >= 0.6 is 0 Å². The lowest BCUT2D eigenvalue weighted by molar-refractivity contribution is -0.137. The minimum absolute atomic E-state index is 0.256. The van der Waals surface area contributed by atoms with E-state index in [2.05, 4.69) is 0 Å². The highest BCUT2D eigenvalue weighted by Gasteiger charge is 2.30. The van der Waals surface area contributed by atoms with Gasteiger partial charge in [0.25, 0.3) is 0 Å². The molecule has 0 unspecified atom stereocenters. The van der Waals surface area contributed by atoms with Crippen LogP contribution in [-0.4, -0.2) is 0 Å². The van der Waals surface area contributed by atoms with Crippen LogP contribution in [0.1, 0.15) is 28.7 Å². The molecule has 0 aliphatic heterocycles. The van der Waals surface area contributed by atoms with E-state index < -0.39 is 17.6 Å². The van der Waals surface area contributed by atoms with Crippen molar-refractivity contribution < 1.29 is 22.0 Å². The second kappa shape index (κ2) is 9.80. The molecule has 0 N–H and O–H groups in total. The molecule has 4 rings (SSSR count). The highest BCUT2D eigenvalue weighted by Crippen LogP contribution is 2.32.